The Labute approximate surface area is 388 Å². The molecule has 0 N–H and O–H groups in total. The molecule has 0 bridgehead atoms. The smallest absolute Gasteiger partial charge is 0.100 e. The number of nitrogens with zero attached hydrogens (tertiary/aromatic N) is 1. The molecule has 0 aliphatic heterocycles. The van der Waals surface area contributed by atoms with Crippen LogP contribution < -0.4 is 4.90 Å². The molecule has 314 valence electrons. The Morgan fingerprint density at radius 2 is 0.894 bits per heavy atom. The summed E-state index contributed by atoms with van der Waals surface area (Å²) in [6.45, 7) is 4.70. The first-order chi connectivity index (χ1) is 32.5. The first kappa shape index (κ1) is 39.6. The Balaban J connectivity index is 1.04. The fourth-order valence-electron chi connectivity index (χ4n) is 11.2. The predicted molar refractivity (Wildman–Crippen MR) is 280 cm³/mol. The van der Waals surface area contributed by atoms with Gasteiger partial charge in [0.05, 0.1) is 0 Å². The van der Waals surface area contributed by atoms with Gasteiger partial charge in [0, 0.05) is 16.8 Å². The van der Waals surface area contributed by atoms with Crippen molar-refractivity contribution in [3.8, 4) is 44.5 Å². The highest BCUT2D eigenvalue weighted by atomic mass is 15.2. The van der Waals surface area contributed by atoms with Gasteiger partial charge in [-0.15, -0.1) is 0 Å². The zero-order valence-corrected chi connectivity index (χ0v) is 37.3. The Kier molecular flexibility index (Phi) is 9.54. The maximum absolute atomic E-state index is 2.62. The summed E-state index contributed by atoms with van der Waals surface area (Å²) in [5.74, 6) is 0. The van der Waals surface area contributed by atoms with Crippen molar-refractivity contribution in [1.82, 2.24) is 0 Å². The van der Waals surface area contributed by atoms with Crippen LogP contribution in [-0.4, -0.2) is 0 Å². The van der Waals surface area contributed by atoms with Crippen molar-refractivity contribution in [1.29, 1.82) is 0 Å². The SMILES string of the molecule is CC1(C)c2ccccc2-c2cc(-c3ccc(N(c4ccc(-c5ccc6c(ccc7ccccc76)c5)cc4)C4(c5ccccc5-c5ccccc5)CC=CC=C4c4ccccc4)cc3)ccc21. The minimum atomic E-state index is -0.640. The molecule has 0 spiro atoms. The summed E-state index contributed by atoms with van der Waals surface area (Å²) in [6.07, 6.45) is 7.71. The van der Waals surface area contributed by atoms with Gasteiger partial charge in [0.25, 0.3) is 0 Å². The van der Waals surface area contributed by atoms with Crippen molar-refractivity contribution in [2.75, 3.05) is 4.90 Å². The van der Waals surface area contributed by atoms with E-state index in [2.05, 4.69) is 267 Å². The second kappa shape index (κ2) is 15.9. The number of allylic oxidation sites excluding steroid dienone is 2. The molecule has 12 rings (SSSR count). The third kappa shape index (κ3) is 6.45. The molecule has 1 atom stereocenters. The molecule has 66 heavy (non-hydrogen) atoms. The van der Waals surface area contributed by atoms with Crippen LogP contribution in [0.1, 0.15) is 42.5 Å². The summed E-state index contributed by atoms with van der Waals surface area (Å²) < 4.78 is 0. The van der Waals surface area contributed by atoms with E-state index >= 15 is 0 Å². The number of hydrogen-bond acceptors (Lipinski definition) is 1. The van der Waals surface area contributed by atoms with Crippen molar-refractivity contribution < 1.29 is 0 Å². The van der Waals surface area contributed by atoms with Gasteiger partial charge in [0.1, 0.15) is 5.54 Å². The zero-order chi connectivity index (χ0) is 44.2. The van der Waals surface area contributed by atoms with E-state index in [-0.39, 0.29) is 5.41 Å². The van der Waals surface area contributed by atoms with Gasteiger partial charge in [0.15, 0.2) is 0 Å². The van der Waals surface area contributed by atoms with E-state index in [0.29, 0.717) is 0 Å². The molecule has 10 aromatic carbocycles. The van der Waals surface area contributed by atoms with Gasteiger partial charge in [-0.3, -0.25) is 0 Å². The lowest BCUT2D eigenvalue weighted by Crippen LogP contribution is -2.45. The van der Waals surface area contributed by atoms with E-state index in [0.717, 1.165) is 17.8 Å². The Bertz CT molecular complexity index is 3500. The minimum absolute atomic E-state index is 0.0314. The molecule has 0 aromatic heterocycles. The van der Waals surface area contributed by atoms with Gasteiger partial charge in [-0.1, -0.05) is 226 Å². The molecular formula is C65H49N. The summed E-state index contributed by atoms with van der Waals surface area (Å²) in [5, 5.41) is 5.08. The minimum Gasteiger partial charge on any atom is -0.327 e. The summed E-state index contributed by atoms with van der Waals surface area (Å²) in [5.41, 5.74) is 18.0. The first-order valence-corrected chi connectivity index (χ1v) is 23.2. The summed E-state index contributed by atoms with van der Waals surface area (Å²) in [4.78, 5) is 2.62. The maximum Gasteiger partial charge on any atom is 0.100 e. The van der Waals surface area contributed by atoms with Gasteiger partial charge < -0.3 is 4.90 Å². The Morgan fingerprint density at radius 1 is 0.364 bits per heavy atom. The van der Waals surface area contributed by atoms with Gasteiger partial charge in [0.2, 0.25) is 0 Å². The number of benzene rings is 10. The second-order valence-electron chi connectivity index (χ2n) is 18.4. The lowest BCUT2D eigenvalue weighted by Gasteiger charge is -2.49. The Hall–Kier alpha value is -8.00. The third-order valence-corrected chi connectivity index (χ3v) is 14.4. The van der Waals surface area contributed by atoms with E-state index in [1.54, 1.807) is 0 Å². The van der Waals surface area contributed by atoms with Gasteiger partial charge >= 0.3 is 0 Å². The topological polar surface area (TPSA) is 3.24 Å². The molecule has 1 unspecified atom stereocenters. The summed E-state index contributed by atoms with van der Waals surface area (Å²) >= 11 is 0. The lowest BCUT2D eigenvalue weighted by molar-refractivity contribution is 0.568. The van der Waals surface area contributed by atoms with Crippen molar-refractivity contribution in [2.45, 2.75) is 31.2 Å². The molecule has 0 heterocycles. The average molecular weight is 844 g/mol. The van der Waals surface area contributed by atoms with E-state index in [1.807, 2.05) is 0 Å². The number of rotatable bonds is 8. The van der Waals surface area contributed by atoms with Crippen LogP contribution in [0.2, 0.25) is 0 Å². The molecule has 0 fully saturated rings. The first-order valence-electron chi connectivity index (χ1n) is 23.2. The molecule has 0 radical (unpaired) electrons. The number of anilines is 2. The van der Waals surface area contributed by atoms with Gasteiger partial charge in [-0.25, -0.2) is 0 Å². The molecule has 0 saturated heterocycles. The monoisotopic (exact) mass is 843 g/mol. The van der Waals surface area contributed by atoms with Crippen LogP contribution in [-0.2, 0) is 11.0 Å². The fraction of sp³-hybridized carbons (Fsp3) is 0.0769. The molecular weight excluding hydrogens is 795 g/mol. The maximum atomic E-state index is 2.62. The van der Waals surface area contributed by atoms with Crippen LogP contribution in [0.4, 0.5) is 11.4 Å². The normalized spacial score (nSPS) is 15.9. The third-order valence-electron chi connectivity index (χ3n) is 14.4. The standard InChI is InChI=1S/C65H49N/c1-64(2)61-26-13-12-24-58(61)59-44-51(35-41-62(59)64)46-32-38-54(39-33-46)66(53-36-30-45(31-37-53)50-34-40-56-52(43-50)29-28-48-19-9-10-22-55(48)56)65(42-16-15-25-60(65)49-20-7-4-8-21-49)63-27-14-11-23-57(63)47-17-5-3-6-18-47/h3-41,43-44H,42H2,1-2H3. The van der Waals surface area contributed by atoms with Crippen LogP contribution in [0, 0.1) is 0 Å². The van der Waals surface area contributed by atoms with Crippen LogP contribution in [0.25, 0.3) is 71.6 Å². The molecule has 1 heteroatoms. The number of fused-ring (bicyclic) bond motifs is 6. The largest absolute Gasteiger partial charge is 0.327 e. The summed E-state index contributed by atoms with van der Waals surface area (Å²) in [7, 11) is 0. The molecule has 0 saturated carbocycles. The molecule has 2 aliphatic rings. The highest BCUT2D eigenvalue weighted by molar-refractivity contribution is 6.08. The predicted octanol–water partition coefficient (Wildman–Crippen LogP) is 17.4. The fourth-order valence-corrected chi connectivity index (χ4v) is 11.2. The van der Waals surface area contributed by atoms with Crippen molar-refractivity contribution in [2.24, 2.45) is 0 Å². The highest BCUT2D eigenvalue weighted by Gasteiger charge is 2.45. The molecule has 10 aromatic rings. The van der Waals surface area contributed by atoms with Crippen molar-refractivity contribution in [3.05, 3.63) is 271 Å². The summed E-state index contributed by atoms with van der Waals surface area (Å²) in [6, 6.07) is 85.6. The van der Waals surface area contributed by atoms with Gasteiger partial charge in [-0.2, -0.15) is 0 Å². The van der Waals surface area contributed by atoms with Crippen molar-refractivity contribution in [3.63, 3.8) is 0 Å². The molecule has 2 aliphatic carbocycles. The average Bonchev–Trinajstić information content (AvgIpc) is 3.62. The van der Waals surface area contributed by atoms with E-state index in [9.17, 15) is 0 Å². The van der Waals surface area contributed by atoms with Crippen LogP contribution >= 0.6 is 0 Å². The highest BCUT2D eigenvalue weighted by Crippen LogP contribution is 2.55. The molecule has 0 amide bonds. The van der Waals surface area contributed by atoms with Crippen LogP contribution in [0.5, 0.6) is 0 Å². The quantitative estimate of drug-likeness (QED) is 0.138. The Morgan fingerprint density at radius 3 is 1.62 bits per heavy atom. The van der Waals surface area contributed by atoms with E-state index in [1.165, 1.54) is 93.9 Å². The molecule has 1 nitrogen and oxygen atoms in total. The number of hydrogen-bond donors (Lipinski definition) is 0. The van der Waals surface area contributed by atoms with E-state index in [4.69, 9.17) is 0 Å². The van der Waals surface area contributed by atoms with Crippen LogP contribution in [0.15, 0.2) is 249 Å². The lowest BCUT2D eigenvalue weighted by atomic mass is 9.70. The van der Waals surface area contributed by atoms with Gasteiger partial charge in [-0.05, 0) is 137 Å². The van der Waals surface area contributed by atoms with Crippen LogP contribution in [0.3, 0.4) is 0 Å². The second-order valence-corrected chi connectivity index (χ2v) is 18.4. The van der Waals surface area contributed by atoms with E-state index < -0.39 is 5.54 Å². The zero-order valence-electron chi connectivity index (χ0n) is 37.3. The van der Waals surface area contributed by atoms with Crippen molar-refractivity contribution >= 4 is 38.5 Å².